The van der Waals surface area contributed by atoms with Crippen LogP contribution in [0.2, 0.25) is 0 Å². The SMILES string of the molecule is CN(C)S(=O)(=O)c1ccc(N)c(-n2cc(Br)cn2)c1. The average Bonchev–Trinajstić information content (AvgIpc) is 2.75. The van der Waals surface area contributed by atoms with Crippen LogP contribution < -0.4 is 5.73 Å². The van der Waals surface area contributed by atoms with Crippen molar-refractivity contribution in [2.45, 2.75) is 4.90 Å². The van der Waals surface area contributed by atoms with E-state index < -0.39 is 10.0 Å². The molecule has 0 aliphatic carbocycles. The highest BCUT2D eigenvalue weighted by Crippen LogP contribution is 2.23. The molecule has 0 amide bonds. The zero-order valence-electron chi connectivity index (χ0n) is 10.4. The lowest BCUT2D eigenvalue weighted by atomic mass is 10.3. The van der Waals surface area contributed by atoms with Crippen LogP contribution in [-0.2, 0) is 10.0 Å². The van der Waals surface area contributed by atoms with Gasteiger partial charge in [0.1, 0.15) is 0 Å². The zero-order chi connectivity index (χ0) is 14.2. The fourth-order valence-electron chi connectivity index (χ4n) is 1.53. The first kappa shape index (κ1) is 14.0. The second-order valence-corrected chi connectivity index (χ2v) is 7.18. The predicted octanol–water partition coefficient (Wildman–Crippen LogP) is 1.47. The summed E-state index contributed by atoms with van der Waals surface area (Å²) >= 11 is 3.28. The van der Waals surface area contributed by atoms with Gasteiger partial charge in [-0.25, -0.2) is 17.4 Å². The Kier molecular flexibility index (Phi) is 3.66. The lowest BCUT2D eigenvalue weighted by Crippen LogP contribution is -2.22. The van der Waals surface area contributed by atoms with Gasteiger partial charge in [-0.15, -0.1) is 0 Å². The molecule has 1 aromatic carbocycles. The molecule has 2 aromatic rings. The van der Waals surface area contributed by atoms with Crippen LogP contribution >= 0.6 is 15.9 Å². The van der Waals surface area contributed by atoms with Crippen LogP contribution in [0, 0.1) is 0 Å². The highest BCUT2D eigenvalue weighted by molar-refractivity contribution is 9.10. The first-order valence-electron chi connectivity index (χ1n) is 5.35. The summed E-state index contributed by atoms with van der Waals surface area (Å²) in [5.41, 5.74) is 6.84. The number of hydrogen-bond acceptors (Lipinski definition) is 4. The maximum absolute atomic E-state index is 12.1. The fourth-order valence-corrected chi connectivity index (χ4v) is 2.73. The number of halogens is 1. The maximum Gasteiger partial charge on any atom is 0.242 e. The first-order chi connectivity index (χ1) is 8.82. The molecule has 0 bridgehead atoms. The Morgan fingerprint density at radius 3 is 2.58 bits per heavy atom. The minimum absolute atomic E-state index is 0.174. The highest BCUT2D eigenvalue weighted by Gasteiger charge is 2.19. The monoisotopic (exact) mass is 344 g/mol. The molecule has 19 heavy (non-hydrogen) atoms. The Bertz CT molecular complexity index is 709. The van der Waals surface area contributed by atoms with E-state index in [2.05, 4.69) is 21.0 Å². The van der Waals surface area contributed by atoms with Gasteiger partial charge >= 0.3 is 0 Å². The van der Waals surface area contributed by atoms with Crippen LogP contribution in [-0.4, -0.2) is 36.6 Å². The molecule has 102 valence electrons. The van der Waals surface area contributed by atoms with Crippen molar-refractivity contribution in [1.82, 2.24) is 14.1 Å². The highest BCUT2D eigenvalue weighted by atomic mass is 79.9. The number of nitrogen functional groups attached to an aromatic ring is 1. The normalized spacial score (nSPS) is 12.0. The number of nitrogens with two attached hydrogens (primary N) is 1. The summed E-state index contributed by atoms with van der Waals surface area (Å²) in [5.74, 6) is 0. The van der Waals surface area contributed by atoms with E-state index in [0.717, 1.165) is 8.78 Å². The Morgan fingerprint density at radius 1 is 1.37 bits per heavy atom. The number of rotatable bonds is 3. The van der Waals surface area contributed by atoms with Crippen molar-refractivity contribution in [1.29, 1.82) is 0 Å². The zero-order valence-corrected chi connectivity index (χ0v) is 12.8. The lowest BCUT2D eigenvalue weighted by Gasteiger charge is -2.13. The molecule has 1 heterocycles. The van der Waals surface area contributed by atoms with Gasteiger partial charge in [0.15, 0.2) is 0 Å². The van der Waals surface area contributed by atoms with E-state index in [1.165, 1.54) is 30.9 Å². The number of anilines is 1. The molecule has 0 spiro atoms. The Labute approximate surface area is 120 Å². The van der Waals surface area contributed by atoms with Crippen LogP contribution in [0.5, 0.6) is 0 Å². The Morgan fingerprint density at radius 2 is 2.05 bits per heavy atom. The smallest absolute Gasteiger partial charge is 0.242 e. The largest absolute Gasteiger partial charge is 0.397 e. The summed E-state index contributed by atoms with van der Waals surface area (Å²) in [6.45, 7) is 0. The molecule has 0 unspecified atom stereocenters. The van der Waals surface area contributed by atoms with E-state index in [4.69, 9.17) is 5.73 Å². The Balaban J connectivity index is 2.59. The molecular weight excluding hydrogens is 332 g/mol. The molecule has 2 N–H and O–H groups in total. The van der Waals surface area contributed by atoms with Crippen LogP contribution in [0.15, 0.2) is 40.0 Å². The molecule has 0 aliphatic rings. The number of aromatic nitrogens is 2. The van der Waals surface area contributed by atoms with Gasteiger partial charge in [-0.1, -0.05) is 0 Å². The topological polar surface area (TPSA) is 81.2 Å². The average molecular weight is 345 g/mol. The van der Waals surface area contributed by atoms with Crippen LogP contribution in [0.25, 0.3) is 5.69 Å². The van der Waals surface area contributed by atoms with Crippen molar-refractivity contribution in [2.75, 3.05) is 19.8 Å². The molecule has 0 saturated heterocycles. The van der Waals surface area contributed by atoms with Crippen LogP contribution in [0.3, 0.4) is 0 Å². The van der Waals surface area contributed by atoms with Crippen molar-refractivity contribution in [3.63, 3.8) is 0 Å². The number of hydrogen-bond donors (Lipinski definition) is 1. The second kappa shape index (κ2) is 4.95. The molecule has 0 fully saturated rings. The van der Waals surface area contributed by atoms with Crippen molar-refractivity contribution < 1.29 is 8.42 Å². The third-order valence-corrected chi connectivity index (χ3v) is 4.80. The van der Waals surface area contributed by atoms with E-state index in [-0.39, 0.29) is 4.90 Å². The van der Waals surface area contributed by atoms with Crippen molar-refractivity contribution >= 4 is 31.6 Å². The number of sulfonamides is 1. The minimum Gasteiger partial charge on any atom is -0.397 e. The van der Waals surface area contributed by atoms with E-state index >= 15 is 0 Å². The number of benzene rings is 1. The van der Waals surface area contributed by atoms with Crippen molar-refractivity contribution in [3.05, 3.63) is 35.1 Å². The molecular formula is C11H13BrN4O2S. The van der Waals surface area contributed by atoms with Gasteiger partial charge in [0, 0.05) is 20.3 Å². The van der Waals surface area contributed by atoms with E-state index in [1.807, 2.05) is 0 Å². The molecule has 1 aromatic heterocycles. The van der Waals surface area contributed by atoms with E-state index in [1.54, 1.807) is 18.5 Å². The van der Waals surface area contributed by atoms with Crippen LogP contribution in [0.4, 0.5) is 5.69 Å². The maximum atomic E-state index is 12.1. The van der Waals surface area contributed by atoms with Crippen molar-refractivity contribution in [3.8, 4) is 5.69 Å². The third kappa shape index (κ3) is 2.65. The molecule has 0 radical (unpaired) electrons. The standard InChI is InChI=1S/C11H13BrN4O2S/c1-15(2)19(17,18)9-3-4-10(13)11(5-9)16-7-8(12)6-14-16/h3-7H,13H2,1-2H3. The summed E-state index contributed by atoms with van der Waals surface area (Å²) in [6.07, 6.45) is 3.31. The molecule has 6 nitrogen and oxygen atoms in total. The second-order valence-electron chi connectivity index (χ2n) is 4.11. The summed E-state index contributed by atoms with van der Waals surface area (Å²) in [5, 5.41) is 4.10. The Hall–Kier alpha value is -1.38. The molecule has 0 atom stereocenters. The minimum atomic E-state index is -3.49. The third-order valence-electron chi connectivity index (χ3n) is 2.58. The van der Waals surface area contributed by atoms with Gasteiger partial charge in [0.05, 0.1) is 26.9 Å². The van der Waals surface area contributed by atoms with E-state index in [0.29, 0.717) is 11.4 Å². The summed E-state index contributed by atoms with van der Waals surface area (Å²) in [6, 6.07) is 4.54. The molecule has 8 heteroatoms. The van der Waals surface area contributed by atoms with Gasteiger partial charge < -0.3 is 5.73 Å². The molecule has 2 rings (SSSR count). The quantitative estimate of drug-likeness (QED) is 0.854. The van der Waals surface area contributed by atoms with E-state index in [9.17, 15) is 8.42 Å². The van der Waals surface area contributed by atoms with Crippen LogP contribution in [0.1, 0.15) is 0 Å². The van der Waals surface area contributed by atoms with Crippen molar-refractivity contribution in [2.24, 2.45) is 0 Å². The van der Waals surface area contributed by atoms with Gasteiger partial charge in [-0.2, -0.15) is 5.10 Å². The first-order valence-corrected chi connectivity index (χ1v) is 7.58. The summed E-state index contributed by atoms with van der Waals surface area (Å²) < 4.78 is 27.6. The molecule has 0 saturated carbocycles. The predicted molar refractivity (Wildman–Crippen MR) is 76.5 cm³/mol. The fraction of sp³-hybridized carbons (Fsp3) is 0.182. The van der Waals surface area contributed by atoms with Gasteiger partial charge in [-0.05, 0) is 34.1 Å². The van der Waals surface area contributed by atoms with Gasteiger partial charge in [-0.3, -0.25) is 0 Å². The number of nitrogens with zero attached hydrogens (tertiary/aromatic N) is 3. The molecule has 0 aliphatic heterocycles. The van der Waals surface area contributed by atoms with Gasteiger partial charge in [0.2, 0.25) is 10.0 Å². The summed E-state index contributed by atoms with van der Waals surface area (Å²) in [7, 11) is -0.528. The van der Waals surface area contributed by atoms with Gasteiger partial charge in [0.25, 0.3) is 0 Å². The summed E-state index contributed by atoms with van der Waals surface area (Å²) in [4.78, 5) is 0.174. The lowest BCUT2D eigenvalue weighted by molar-refractivity contribution is 0.520.